The van der Waals surface area contributed by atoms with Crippen LogP contribution in [0.2, 0.25) is 0 Å². The molecule has 4 nitrogen and oxygen atoms in total. The van der Waals surface area contributed by atoms with Crippen LogP contribution in [0, 0.1) is 12.7 Å². The SMILES string of the molecule is Cc1ccccc1CNC(=O)CCC(=O)N1CCc2sccc2C1c1ccc(F)cc1. The molecule has 1 atom stereocenters. The molecule has 0 bridgehead atoms. The van der Waals surface area contributed by atoms with Crippen molar-refractivity contribution < 1.29 is 14.0 Å². The summed E-state index contributed by atoms with van der Waals surface area (Å²) >= 11 is 1.69. The van der Waals surface area contributed by atoms with Crippen LogP contribution in [-0.2, 0) is 22.6 Å². The van der Waals surface area contributed by atoms with E-state index >= 15 is 0 Å². The van der Waals surface area contributed by atoms with Crippen LogP contribution in [0.4, 0.5) is 4.39 Å². The summed E-state index contributed by atoms with van der Waals surface area (Å²) in [5.41, 5.74) is 4.18. The van der Waals surface area contributed by atoms with Gasteiger partial charge in [0, 0.05) is 30.8 Å². The minimum Gasteiger partial charge on any atom is -0.352 e. The molecule has 4 rings (SSSR count). The first-order valence-electron chi connectivity index (χ1n) is 10.5. The van der Waals surface area contributed by atoms with Crippen molar-refractivity contribution in [1.29, 1.82) is 0 Å². The van der Waals surface area contributed by atoms with E-state index < -0.39 is 0 Å². The normalized spacial score (nSPS) is 15.4. The third-order valence-corrected chi connectivity index (χ3v) is 6.77. The monoisotopic (exact) mass is 436 g/mol. The van der Waals surface area contributed by atoms with Gasteiger partial charge in [0.15, 0.2) is 0 Å². The summed E-state index contributed by atoms with van der Waals surface area (Å²) in [5, 5.41) is 4.94. The highest BCUT2D eigenvalue weighted by molar-refractivity contribution is 7.10. The number of nitrogens with zero attached hydrogens (tertiary/aromatic N) is 1. The van der Waals surface area contributed by atoms with Crippen LogP contribution in [0.5, 0.6) is 0 Å². The molecule has 0 saturated heterocycles. The number of fused-ring (bicyclic) bond motifs is 1. The fourth-order valence-electron chi connectivity index (χ4n) is 4.04. The van der Waals surface area contributed by atoms with Gasteiger partial charge in [-0.3, -0.25) is 9.59 Å². The predicted molar refractivity (Wildman–Crippen MR) is 120 cm³/mol. The van der Waals surface area contributed by atoms with E-state index in [2.05, 4.69) is 5.32 Å². The minimum atomic E-state index is -0.298. The number of carbonyl (C=O) groups is 2. The fraction of sp³-hybridized carbons (Fsp3) is 0.280. The van der Waals surface area contributed by atoms with Crippen molar-refractivity contribution >= 4 is 23.2 Å². The van der Waals surface area contributed by atoms with Gasteiger partial charge in [-0.2, -0.15) is 0 Å². The van der Waals surface area contributed by atoms with Gasteiger partial charge in [-0.15, -0.1) is 11.3 Å². The Bertz CT molecular complexity index is 1080. The van der Waals surface area contributed by atoms with Crippen LogP contribution in [0.25, 0.3) is 0 Å². The zero-order chi connectivity index (χ0) is 21.8. The Kier molecular flexibility index (Phi) is 6.47. The highest BCUT2D eigenvalue weighted by atomic mass is 32.1. The summed E-state index contributed by atoms with van der Waals surface area (Å²) in [7, 11) is 0. The molecular weight excluding hydrogens is 411 g/mol. The third kappa shape index (κ3) is 4.85. The van der Waals surface area contributed by atoms with E-state index in [1.165, 1.54) is 17.0 Å². The van der Waals surface area contributed by atoms with Crippen LogP contribution in [0.3, 0.4) is 0 Å². The van der Waals surface area contributed by atoms with Gasteiger partial charge >= 0.3 is 0 Å². The van der Waals surface area contributed by atoms with Gasteiger partial charge in [0.1, 0.15) is 5.82 Å². The standard InChI is InChI=1S/C25H25FN2O2S/c1-17-4-2-3-5-19(17)16-27-23(29)10-11-24(30)28-14-12-22-21(13-15-31-22)25(28)18-6-8-20(26)9-7-18/h2-9,13,15,25H,10-12,14,16H2,1H3,(H,27,29). The van der Waals surface area contributed by atoms with Gasteiger partial charge < -0.3 is 10.2 Å². The summed E-state index contributed by atoms with van der Waals surface area (Å²) in [6, 6.07) is 16.0. The Morgan fingerprint density at radius 3 is 2.65 bits per heavy atom. The van der Waals surface area contributed by atoms with Crippen LogP contribution in [0.15, 0.2) is 60.0 Å². The lowest BCUT2D eigenvalue weighted by molar-refractivity contribution is -0.135. The maximum atomic E-state index is 13.5. The molecule has 3 aromatic rings. The molecule has 0 aliphatic carbocycles. The molecule has 160 valence electrons. The topological polar surface area (TPSA) is 49.4 Å². The lowest BCUT2D eigenvalue weighted by atomic mass is 9.93. The van der Waals surface area contributed by atoms with Gasteiger partial charge in [-0.1, -0.05) is 36.4 Å². The minimum absolute atomic E-state index is 0.0581. The van der Waals surface area contributed by atoms with Crippen LogP contribution in [-0.4, -0.2) is 23.3 Å². The maximum absolute atomic E-state index is 13.5. The molecule has 1 aliphatic rings. The lowest BCUT2D eigenvalue weighted by Gasteiger charge is -2.36. The number of rotatable bonds is 6. The first-order chi connectivity index (χ1) is 15.0. The smallest absolute Gasteiger partial charge is 0.223 e. The number of halogens is 1. The van der Waals surface area contributed by atoms with E-state index in [0.29, 0.717) is 13.1 Å². The Balaban J connectivity index is 1.41. The van der Waals surface area contributed by atoms with E-state index in [9.17, 15) is 14.0 Å². The molecule has 2 heterocycles. The number of hydrogen-bond donors (Lipinski definition) is 1. The molecule has 0 spiro atoms. The third-order valence-electron chi connectivity index (χ3n) is 5.78. The molecule has 1 aromatic heterocycles. The number of aryl methyl sites for hydroxylation is 1. The van der Waals surface area contributed by atoms with Gasteiger partial charge in [0.2, 0.25) is 11.8 Å². The maximum Gasteiger partial charge on any atom is 0.223 e. The number of thiophene rings is 1. The van der Waals surface area contributed by atoms with E-state index in [1.54, 1.807) is 23.5 Å². The second-order valence-corrected chi connectivity index (χ2v) is 8.79. The van der Waals surface area contributed by atoms with Crippen LogP contribution < -0.4 is 5.32 Å². The summed E-state index contributed by atoms with van der Waals surface area (Å²) < 4.78 is 13.5. The van der Waals surface area contributed by atoms with E-state index in [4.69, 9.17) is 0 Å². The average molecular weight is 437 g/mol. The van der Waals surface area contributed by atoms with E-state index in [1.807, 2.05) is 47.5 Å². The van der Waals surface area contributed by atoms with Gasteiger partial charge in [-0.05, 0) is 59.2 Å². The molecular formula is C25H25FN2O2S. The van der Waals surface area contributed by atoms with Gasteiger partial charge in [-0.25, -0.2) is 4.39 Å². The second kappa shape index (κ2) is 9.43. The van der Waals surface area contributed by atoms with Crippen molar-refractivity contribution in [2.45, 2.75) is 38.8 Å². The summed E-state index contributed by atoms with van der Waals surface area (Å²) in [6.45, 7) is 3.06. The Labute approximate surface area is 185 Å². The van der Waals surface area contributed by atoms with Crippen molar-refractivity contribution in [1.82, 2.24) is 10.2 Å². The first-order valence-corrected chi connectivity index (χ1v) is 11.3. The lowest BCUT2D eigenvalue weighted by Crippen LogP contribution is -2.40. The first kappa shape index (κ1) is 21.2. The van der Waals surface area contributed by atoms with E-state index in [-0.39, 0.29) is 36.5 Å². The molecule has 0 radical (unpaired) electrons. The number of carbonyl (C=O) groups excluding carboxylic acids is 2. The van der Waals surface area contributed by atoms with Crippen LogP contribution >= 0.6 is 11.3 Å². The number of hydrogen-bond acceptors (Lipinski definition) is 3. The molecule has 2 amide bonds. The average Bonchev–Trinajstić information content (AvgIpc) is 3.26. The fourth-order valence-corrected chi connectivity index (χ4v) is 4.95. The molecule has 6 heteroatoms. The number of nitrogens with one attached hydrogen (secondary N) is 1. The number of benzene rings is 2. The molecule has 0 fully saturated rings. The molecule has 1 unspecified atom stereocenters. The van der Waals surface area contributed by atoms with Crippen molar-refractivity contribution in [3.63, 3.8) is 0 Å². The molecule has 31 heavy (non-hydrogen) atoms. The number of amides is 2. The van der Waals surface area contributed by atoms with Crippen molar-refractivity contribution in [3.05, 3.63) is 92.9 Å². The quantitative estimate of drug-likeness (QED) is 0.605. The molecule has 1 aliphatic heterocycles. The van der Waals surface area contributed by atoms with Gasteiger partial charge in [0.05, 0.1) is 6.04 Å². The largest absolute Gasteiger partial charge is 0.352 e. The Morgan fingerprint density at radius 1 is 1.10 bits per heavy atom. The summed E-state index contributed by atoms with van der Waals surface area (Å²) in [5.74, 6) is -0.492. The molecule has 2 aromatic carbocycles. The van der Waals surface area contributed by atoms with Crippen LogP contribution in [0.1, 0.15) is 46.0 Å². The Hall–Kier alpha value is -2.99. The highest BCUT2D eigenvalue weighted by Crippen LogP contribution is 2.38. The Morgan fingerprint density at radius 2 is 1.87 bits per heavy atom. The second-order valence-electron chi connectivity index (χ2n) is 7.79. The summed E-state index contributed by atoms with van der Waals surface area (Å²) in [4.78, 5) is 28.5. The van der Waals surface area contributed by atoms with Crippen molar-refractivity contribution in [2.75, 3.05) is 6.54 Å². The van der Waals surface area contributed by atoms with Gasteiger partial charge in [0.25, 0.3) is 0 Å². The molecule has 0 saturated carbocycles. The highest BCUT2D eigenvalue weighted by Gasteiger charge is 2.32. The van der Waals surface area contributed by atoms with Crippen molar-refractivity contribution in [2.24, 2.45) is 0 Å². The van der Waals surface area contributed by atoms with E-state index in [0.717, 1.165) is 28.7 Å². The van der Waals surface area contributed by atoms with Crippen molar-refractivity contribution in [3.8, 4) is 0 Å². The zero-order valence-corrected chi connectivity index (χ0v) is 18.3. The zero-order valence-electron chi connectivity index (χ0n) is 17.4. The predicted octanol–water partition coefficient (Wildman–Crippen LogP) is 4.77. The molecule has 1 N–H and O–H groups in total. The summed E-state index contributed by atoms with van der Waals surface area (Å²) in [6.07, 6.45) is 1.10.